The van der Waals surface area contributed by atoms with E-state index in [0.29, 0.717) is 12.5 Å². The molecule has 1 aliphatic heterocycles. The molecular weight excluding hydrogens is 274 g/mol. The Morgan fingerprint density at radius 2 is 1.85 bits per heavy atom. The summed E-state index contributed by atoms with van der Waals surface area (Å²) >= 11 is 0. The van der Waals surface area contributed by atoms with Crippen LogP contribution in [0.25, 0.3) is 0 Å². The summed E-state index contributed by atoms with van der Waals surface area (Å²) in [6.07, 6.45) is 2.26. The van der Waals surface area contributed by atoms with Gasteiger partial charge in [0.05, 0.1) is 0 Å². The van der Waals surface area contributed by atoms with Gasteiger partial charge in [-0.25, -0.2) is 0 Å². The Kier molecular flexibility index (Phi) is 4.80. The van der Waals surface area contributed by atoms with Gasteiger partial charge in [0.25, 0.3) is 11.9 Å². The number of nitrogens with zero attached hydrogens (tertiary/aromatic N) is 2. The van der Waals surface area contributed by atoms with E-state index in [2.05, 4.69) is 22.1 Å². The third kappa shape index (κ3) is 3.39. The molecule has 1 unspecified atom stereocenters. The van der Waals surface area contributed by atoms with Crippen molar-refractivity contribution in [2.45, 2.75) is 19.8 Å². The molecule has 1 saturated heterocycles. The fourth-order valence-electron chi connectivity index (χ4n) is 2.47. The van der Waals surface area contributed by atoms with E-state index in [1.54, 1.807) is 0 Å². The van der Waals surface area contributed by atoms with Gasteiger partial charge in [0.1, 0.15) is 5.69 Å². The molecule has 1 aromatic heterocycles. The molecule has 3 nitrogen and oxygen atoms in total. The molecule has 1 fully saturated rings. The van der Waals surface area contributed by atoms with Crippen molar-refractivity contribution < 1.29 is 17.6 Å². The van der Waals surface area contributed by atoms with E-state index in [1.807, 2.05) is 0 Å². The van der Waals surface area contributed by atoms with Crippen molar-refractivity contribution in [2.24, 2.45) is 5.92 Å². The van der Waals surface area contributed by atoms with Crippen molar-refractivity contribution in [3.63, 3.8) is 0 Å². The molecule has 0 saturated carbocycles. The lowest BCUT2D eigenvalue weighted by molar-refractivity contribution is 0.190. The van der Waals surface area contributed by atoms with Crippen LogP contribution < -0.4 is 5.32 Å². The van der Waals surface area contributed by atoms with Crippen molar-refractivity contribution in [1.82, 2.24) is 9.88 Å². The van der Waals surface area contributed by atoms with Crippen molar-refractivity contribution in [1.29, 1.82) is 0 Å². The van der Waals surface area contributed by atoms with Crippen LogP contribution in [0.2, 0.25) is 0 Å². The molecule has 0 bridgehead atoms. The Hall–Kier alpha value is -1.37. The number of rotatable bonds is 4. The number of hydrogen-bond donors (Lipinski definition) is 1. The molecule has 20 heavy (non-hydrogen) atoms. The minimum absolute atomic E-state index is 0.212. The van der Waals surface area contributed by atoms with Crippen LogP contribution in [-0.4, -0.2) is 36.1 Å². The largest absolute Gasteiger partial charge is 0.379 e. The quantitative estimate of drug-likeness (QED) is 0.683. The summed E-state index contributed by atoms with van der Waals surface area (Å²) in [7, 11) is 0. The third-order valence-corrected chi connectivity index (χ3v) is 3.47. The molecule has 2 rings (SSSR count). The van der Waals surface area contributed by atoms with Crippen LogP contribution >= 0.6 is 0 Å². The Morgan fingerprint density at radius 1 is 1.20 bits per heavy atom. The van der Waals surface area contributed by atoms with Crippen LogP contribution in [0.1, 0.15) is 19.8 Å². The monoisotopic (exact) mass is 291 g/mol. The minimum Gasteiger partial charge on any atom is -0.379 e. The van der Waals surface area contributed by atoms with E-state index in [1.165, 1.54) is 6.42 Å². The molecule has 112 valence electrons. The molecule has 0 aromatic carbocycles. The summed E-state index contributed by atoms with van der Waals surface area (Å²) in [6.45, 7) is 4.77. The van der Waals surface area contributed by atoms with Crippen molar-refractivity contribution in [3.05, 3.63) is 23.5 Å². The standard InChI is InChI=1S/C13H17F4N3/c1-8-3-2-5-20(7-8)6-4-18-11-9(14)12(16)19-13(17)10(11)15/h8H,2-7H2,1H3,(H,18,19). The van der Waals surface area contributed by atoms with E-state index in [9.17, 15) is 17.6 Å². The minimum atomic E-state index is -1.64. The van der Waals surface area contributed by atoms with Gasteiger partial charge >= 0.3 is 0 Å². The first-order valence-electron chi connectivity index (χ1n) is 6.65. The average Bonchev–Trinajstić information content (AvgIpc) is 2.40. The average molecular weight is 291 g/mol. The first-order valence-corrected chi connectivity index (χ1v) is 6.65. The zero-order valence-electron chi connectivity index (χ0n) is 11.2. The van der Waals surface area contributed by atoms with Crippen molar-refractivity contribution in [3.8, 4) is 0 Å². The number of pyridine rings is 1. The molecule has 1 N–H and O–H groups in total. The predicted molar refractivity (Wildman–Crippen MR) is 67.4 cm³/mol. The van der Waals surface area contributed by atoms with Crippen LogP contribution in [0.3, 0.4) is 0 Å². The summed E-state index contributed by atoms with van der Waals surface area (Å²) in [4.78, 5) is 4.67. The Labute approximate surface area is 115 Å². The molecule has 0 amide bonds. The number of piperidine rings is 1. The second kappa shape index (κ2) is 6.39. The van der Waals surface area contributed by atoms with Crippen LogP contribution in [0.15, 0.2) is 0 Å². The van der Waals surface area contributed by atoms with E-state index in [-0.39, 0.29) is 6.54 Å². The van der Waals surface area contributed by atoms with Gasteiger partial charge in [0, 0.05) is 19.6 Å². The highest BCUT2D eigenvalue weighted by Crippen LogP contribution is 2.22. The normalized spacial score (nSPS) is 20.1. The van der Waals surface area contributed by atoms with Gasteiger partial charge in [0.2, 0.25) is 11.6 Å². The van der Waals surface area contributed by atoms with Gasteiger partial charge in [-0.3, -0.25) is 0 Å². The van der Waals surface area contributed by atoms with Crippen LogP contribution in [0.4, 0.5) is 23.2 Å². The van der Waals surface area contributed by atoms with Crippen LogP contribution in [-0.2, 0) is 0 Å². The lowest BCUT2D eigenvalue weighted by Gasteiger charge is -2.30. The van der Waals surface area contributed by atoms with E-state index < -0.39 is 29.2 Å². The topological polar surface area (TPSA) is 28.2 Å². The fourth-order valence-corrected chi connectivity index (χ4v) is 2.47. The third-order valence-electron chi connectivity index (χ3n) is 3.47. The molecule has 7 heteroatoms. The van der Waals surface area contributed by atoms with Gasteiger partial charge < -0.3 is 10.2 Å². The second-order valence-electron chi connectivity index (χ2n) is 5.17. The zero-order chi connectivity index (χ0) is 14.7. The highest BCUT2D eigenvalue weighted by Gasteiger charge is 2.21. The van der Waals surface area contributed by atoms with Gasteiger partial charge in [-0.1, -0.05) is 6.92 Å². The maximum absolute atomic E-state index is 13.3. The maximum atomic E-state index is 13.3. The van der Waals surface area contributed by atoms with Gasteiger partial charge in [-0.2, -0.15) is 22.5 Å². The summed E-state index contributed by atoms with van der Waals surface area (Å²) in [5.74, 6) is -5.67. The molecule has 0 aliphatic carbocycles. The van der Waals surface area contributed by atoms with Crippen molar-refractivity contribution >= 4 is 5.69 Å². The summed E-state index contributed by atoms with van der Waals surface area (Å²) in [6, 6.07) is 0. The number of anilines is 1. The fraction of sp³-hybridized carbons (Fsp3) is 0.615. The molecule has 1 aliphatic rings. The maximum Gasteiger partial charge on any atom is 0.253 e. The van der Waals surface area contributed by atoms with E-state index >= 15 is 0 Å². The smallest absolute Gasteiger partial charge is 0.253 e. The number of aromatic nitrogens is 1. The lowest BCUT2D eigenvalue weighted by Crippen LogP contribution is -2.37. The Morgan fingerprint density at radius 3 is 2.45 bits per heavy atom. The Bertz CT molecular complexity index is 455. The number of likely N-dealkylation sites (tertiary alicyclic amines) is 1. The highest BCUT2D eigenvalue weighted by atomic mass is 19.2. The number of nitrogens with one attached hydrogen (secondary N) is 1. The van der Waals surface area contributed by atoms with Gasteiger partial charge in [-0.15, -0.1) is 0 Å². The molecule has 2 heterocycles. The first kappa shape index (κ1) is 15.0. The number of halogens is 4. The molecule has 1 atom stereocenters. The van der Waals surface area contributed by atoms with Crippen LogP contribution in [0, 0.1) is 29.4 Å². The summed E-state index contributed by atoms with van der Waals surface area (Å²) in [5.41, 5.74) is -0.792. The summed E-state index contributed by atoms with van der Waals surface area (Å²) < 4.78 is 52.5. The molecule has 0 radical (unpaired) electrons. The zero-order valence-corrected chi connectivity index (χ0v) is 11.2. The SMILES string of the molecule is CC1CCCN(CCNc2c(F)c(F)nc(F)c2F)C1. The molecular formula is C13H17F4N3. The second-order valence-corrected chi connectivity index (χ2v) is 5.17. The Balaban J connectivity index is 1.94. The van der Waals surface area contributed by atoms with Crippen LogP contribution in [0.5, 0.6) is 0 Å². The molecule has 1 aromatic rings. The first-order chi connectivity index (χ1) is 9.49. The lowest BCUT2D eigenvalue weighted by atomic mass is 10.0. The number of hydrogen-bond acceptors (Lipinski definition) is 3. The summed E-state index contributed by atoms with van der Waals surface area (Å²) in [5, 5.41) is 2.41. The van der Waals surface area contributed by atoms with Crippen molar-refractivity contribution in [2.75, 3.05) is 31.5 Å². The van der Waals surface area contributed by atoms with Gasteiger partial charge in [-0.05, 0) is 25.3 Å². The van der Waals surface area contributed by atoms with Gasteiger partial charge in [0.15, 0.2) is 0 Å². The van der Waals surface area contributed by atoms with E-state index in [0.717, 1.165) is 19.5 Å². The molecule has 0 spiro atoms. The predicted octanol–water partition coefficient (Wildman–Crippen LogP) is 2.78. The highest BCUT2D eigenvalue weighted by molar-refractivity contribution is 5.45. The van der Waals surface area contributed by atoms with E-state index in [4.69, 9.17) is 0 Å².